The van der Waals surface area contributed by atoms with Crippen molar-refractivity contribution in [2.45, 2.75) is 51.9 Å². The molecule has 1 atom stereocenters. The molecule has 0 saturated heterocycles. The first-order valence-electron chi connectivity index (χ1n) is 14.5. The number of fused-ring (bicyclic) bond motifs is 1. The van der Waals surface area contributed by atoms with E-state index in [9.17, 15) is 4.79 Å². The lowest BCUT2D eigenvalue weighted by molar-refractivity contribution is -0.113. The van der Waals surface area contributed by atoms with Crippen LogP contribution in [0.4, 0.5) is 11.6 Å². The minimum absolute atomic E-state index is 0.286. The van der Waals surface area contributed by atoms with Gasteiger partial charge < -0.3 is 24.8 Å². The van der Waals surface area contributed by atoms with E-state index in [1.165, 1.54) is 0 Å². The Kier molecular flexibility index (Phi) is 10.2. The Morgan fingerprint density at radius 1 is 1.07 bits per heavy atom. The highest BCUT2D eigenvalue weighted by molar-refractivity contribution is 9.10. The third-order valence-corrected chi connectivity index (χ3v) is 8.61. The zero-order valence-electron chi connectivity index (χ0n) is 25.4. The predicted octanol–water partition coefficient (Wildman–Crippen LogP) is 7.77. The molecule has 0 spiro atoms. The highest BCUT2D eigenvalue weighted by Crippen LogP contribution is 2.43. The number of amides is 1. The van der Waals surface area contributed by atoms with E-state index in [-0.39, 0.29) is 5.91 Å². The number of aromatic nitrogens is 3. The Balaban J connectivity index is 1.55. The summed E-state index contributed by atoms with van der Waals surface area (Å²) in [6.45, 7) is 8.80. The Morgan fingerprint density at radius 3 is 2.64 bits per heavy atom. The van der Waals surface area contributed by atoms with Crippen molar-refractivity contribution in [2.75, 3.05) is 30.1 Å². The van der Waals surface area contributed by atoms with Crippen LogP contribution in [0.2, 0.25) is 0 Å². The Hall–Kier alpha value is -3.96. The van der Waals surface area contributed by atoms with E-state index in [0.29, 0.717) is 63.0 Å². The minimum Gasteiger partial charge on any atom is -0.493 e. The van der Waals surface area contributed by atoms with Crippen LogP contribution in [0.3, 0.4) is 0 Å². The summed E-state index contributed by atoms with van der Waals surface area (Å²) in [6, 6.07) is 18.8. The van der Waals surface area contributed by atoms with Gasteiger partial charge in [0.15, 0.2) is 11.5 Å². The molecule has 0 saturated carbocycles. The van der Waals surface area contributed by atoms with Crippen molar-refractivity contribution < 1.29 is 19.0 Å². The van der Waals surface area contributed by atoms with E-state index in [1.54, 1.807) is 23.6 Å². The standard InChI is InChI=1S/C33H36BrN5O4S/c1-6-15-44-33-37-32-35-21(4)28(31(40)36-25-13-8-9-14-26(25)42-7-2)29(39(32)38-33)23-17-24(34)30(27(18-23)41-5)43-19-22-12-10-11-20(3)16-22/h8-14,16-18,29H,6-7,15,19H2,1-5H3,(H,36,40)(H,35,37,38). The molecular formula is C33H36BrN5O4S. The van der Waals surface area contributed by atoms with E-state index < -0.39 is 6.04 Å². The average molecular weight is 679 g/mol. The molecule has 230 valence electrons. The molecule has 11 heteroatoms. The van der Waals surface area contributed by atoms with Gasteiger partial charge in [0.1, 0.15) is 18.4 Å². The van der Waals surface area contributed by atoms with Crippen molar-refractivity contribution in [2.24, 2.45) is 0 Å². The van der Waals surface area contributed by atoms with Crippen LogP contribution in [-0.2, 0) is 11.4 Å². The summed E-state index contributed by atoms with van der Waals surface area (Å²) in [5, 5.41) is 11.9. The number of nitrogens with one attached hydrogen (secondary N) is 2. The third-order valence-electron chi connectivity index (χ3n) is 6.98. The maximum atomic E-state index is 14.1. The van der Waals surface area contributed by atoms with Crippen LogP contribution in [0, 0.1) is 6.92 Å². The SMILES string of the molecule is CCCSc1nc2n(n1)C(c1cc(Br)c(OCc3cccc(C)c3)c(OC)c1)C(C(=O)Nc1ccccc1OCC)=C(C)N2. The summed E-state index contributed by atoms with van der Waals surface area (Å²) in [7, 11) is 1.60. The molecule has 44 heavy (non-hydrogen) atoms. The Bertz CT molecular complexity index is 1690. The summed E-state index contributed by atoms with van der Waals surface area (Å²) in [5.74, 6) is 2.86. The van der Waals surface area contributed by atoms with Crippen molar-refractivity contribution in [3.05, 3.63) is 93.1 Å². The largest absolute Gasteiger partial charge is 0.493 e. The number of anilines is 2. The summed E-state index contributed by atoms with van der Waals surface area (Å²) < 4.78 is 20.3. The lowest BCUT2D eigenvalue weighted by Crippen LogP contribution is -2.31. The first-order valence-corrected chi connectivity index (χ1v) is 16.3. The molecule has 0 aliphatic carbocycles. The van der Waals surface area contributed by atoms with Gasteiger partial charge in [0.2, 0.25) is 11.1 Å². The second-order valence-electron chi connectivity index (χ2n) is 10.3. The maximum absolute atomic E-state index is 14.1. The van der Waals surface area contributed by atoms with Gasteiger partial charge in [0.05, 0.1) is 29.4 Å². The monoisotopic (exact) mass is 677 g/mol. The molecule has 1 unspecified atom stereocenters. The van der Waals surface area contributed by atoms with E-state index in [0.717, 1.165) is 28.9 Å². The summed E-state index contributed by atoms with van der Waals surface area (Å²) >= 11 is 5.30. The molecule has 4 aromatic rings. The van der Waals surface area contributed by atoms with Gasteiger partial charge in [0.25, 0.3) is 5.91 Å². The molecule has 1 aliphatic rings. The van der Waals surface area contributed by atoms with Crippen molar-refractivity contribution >= 4 is 45.2 Å². The summed E-state index contributed by atoms with van der Waals surface area (Å²) in [5.41, 5.74) is 4.73. The van der Waals surface area contributed by atoms with E-state index in [4.69, 9.17) is 24.3 Å². The highest BCUT2D eigenvalue weighted by Gasteiger charge is 2.35. The van der Waals surface area contributed by atoms with Crippen LogP contribution in [0.5, 0.6) is 17.2 Å². The van der Waals surface area contributed by atoms with Crippen molar-refractivity contribution in [1.82, 2.24) is 14.8 Å². The molecule has 1 aliphatic heterocycles. The van der Waals surface area contributed by atoms with Crippen LogP contribution in [0.15, 0.2) is 81.6 Å². The molecule has 2 heterocycles. The number of halogens is 1. The van der Waals surface area contributed by atoms with Gasteiger partial charge in [-0.25, -0.2) is 4.68 Å². The van der Waals surface area contributed by atoms with Gasteiger partial charge in [-0.05, 0) is 78.5 Å². The number of thioether (sulfide) groups is 1. The number of allylic oxidation sites excluding steroid dienone is 1. The number of nitrogens with zero attached hydrogens (tertiary/aromatic N) is 3. The Morgan fingerprint density at radius 2 is 1.89 bits per heavy atom. The topological polar surface area (TPSA) is 99.5 Å². The van der Waals surface area contributed by atoms with Gasteiger partial charge in [-0.15, -0.1) is 5.10 Å². The first kappa shape index (κ1) is 31.5. The normalized spacial score (nSPS) is 14.1. The zero-order chi connectivity index (χ0) is 31.2. The number of methoxy groups -OCH3 is 1. The third kappa shape index (κ3) is 6.89. The van der Waals surface area contributed by atoms with Crippen LogP contribution >= 0.6 is 27.7 Å². The van der Waals surface area contributed by atoms with Crippen molar-refractivity contribution in [3.8, 4) is 17.2 Å². The molecule has 0 fully saturated rings. The van der Waals surface area contributed by atoms with Gasteiger partial charge in [-0.2, -0.15) is 4.98 Å². The fourth-order valence-electron chi connectivity index (χ4n) is 5.02. The average Bonchev–Trinajstić information content (AvgIpc) is 3.41. The molecule has 1 amide bonds. The lowest BCUT2D eigenvalue weighted by Gasteiger charge is -2.29. The second kappa shape index (κ2) is 14.2. The molecule has 0 bridgehead atoms. The first-order chi connectivity index (χ1) is 21.3. The second-order valence-corrected chi connectivity index (χ2v) is 12.2. The Labute approximate surface area is 270 Å². The fraction of sp³-hybridized carbons (Fsp3) is 0.303. The number of rotatable bonds is 12. The minimum atomic E-state index is -0.606. The number of hydrogen-bond donors (Lipinski definition) is 2. The van der Waals surface area contributed by atoms with Crippen LogP contribution in [0.1, 0.15) is 49.9 Å². The number of para-hydroxylation sites is 2. The summed E-state index contributed by atoms with van der Waals surface area (Å²) in [6.07, 6.45) is 0.990. The smallest absolute Gasteiger partial charge is 0.255 e. The van der Waals surface area contributed by atoms with Crippen LogP contribution in [0.25, 0.3) is 0 Å². The number of ether oxygens (including phenoxy) is 3. The van der Waals surface area contributed by atoms with Crippen molar-refractivity contribution in [1.29, 1.82) is 0 Å². The number of hydrogen-bond acceptors (Lipinski definition) is 8. The van der Waals surface area contributed by atoms with Gasteiger partial charge in [-0.1, -0.05) is 60.6 Å². The molecule has 9 nitrogen and oxygen atoms in total. The highest BCUT2D eigenvalue weighted by atomic mass is 79.9. The summed E-state index contributed by atoms with van der Waals surface area (Å²) in [4.78, 5) is 18.8. The number of carbonyl (C=O) groups is 1. The van der Waals surface area contributed by atoms with Crippen LogP contribution in [-0.4, -0.2) is 40.1 Å². The van der Waals surface area contributed by atoms with E-state index >= 15 is 0 Å². The lowest BCUT2D eigenvalue weighted by atomic mass is 9.94. The van der Waals surface area contributed by atoms with Gasteiger partial charge in [0, 0.05) is 11.4 Å². The van der Waals surface area contributed by atoms with Crippen molar-refractivity contribution in [3.63, 3.8) is 0 Å². The molecule has 3 aromatic carbocycles. The van der Waals surface area contributed by atoms with E-state index in [1.807, 2.05) is 62.4 Å². The quantitative estimate of drug-likeness (QED) is 0.147. The fourth-order valence-corrected chi connectivity index (χ4v) is 6.28. The van der Waals surface area contributed by atoms with E-state index in [2.05, 4.69) is 52.5 Å². The molecule has 5 rings (SSSR count). The molecular weight excluding hydrogens is 642 g/mol. The number of aryl methyl sites for hydroxylation is 1. The number of benzene rings is 3. The molecule has 2 N–H and O–H groups in total. The van der Waals surface area contributed by atoms with Crippen LogP contribution < -0.4 is 24.8 Å². The van der Waals surface area contributed by atoms with Gasteiger partial charge >= 0.3 is 0 Å². The van der Waals surface area contributed by atoms with Gasteiger partial charge in [-0.3, -0.25) is 4.79 Å². The molecule has 0 radical (unpaired) electrons. The zero-order valence-corrected chi connectivity index (χ0v) is 27.8. The predicted molar refractivity (Wildman–Crippen MR) is 178 cm³/mol. The molecule has 1 aromatic heterocycles. The number of carbonyl (C=O) groups excluding carboxylic acids is 1. The maximum Gasteiger partial charge on any atom is 0.255 e.